The molecule has 6 nitrogen and oxygen atoms in total. The number of aryl methyl sites for hydroxylation is 1. The van der Waals surface area contributed by atoms with E-state index in [2.05, 4.69) is 4.98 Å². The largest absolute Gasteiger partial charge is 0.353 e. The zero-order valence-electron chi connectivity index (χ0n) is 9.27. The van der Waals surface area contributed by atoms with Crippen molar-refractivity contribution < 1.29 is 4.74 Å². The lowest BCUT2D eigenvalue weighted by atomic mass is 10.2. The third-order valence-electron chi connectivity index (χ3n) is 2.90. The monoisotopic (exact) mass is 225 g/mol. The summed E-state index contributed by atoms with van der Waals surface area (Å²) in [5.41, 5.74) is 5.47. The minimum atomic E-state index is -0.457. The maximum Gasteiger partial charge on any atom is 0.330 e. The molecule has 0 amide bonds. The van der Waals surface area contributed by atoms with E-state index < -0.39 is 5.69 Å². The minimum absolute atomic E-state index is 0.0795. The normalized spacial score (nSPS) is 29.6. The van der Waals surface area contributed by atoms with Crippen molar-refractivity contribution in [1.82, 2.24) is 9.55 Å². The molecular weight excluding hydrogens is 210 g/mol. The van der Waals surface area contributed by atoms with Crippen molar-refractivity contribution in [2.45, 2.75) is 38.6 Å². The standard InChI is InChI=1S/C10H15N3O3/c1-5-4-13(10(15)12-9(5)14)8-3-7(11)6(2)16-8/h4,6-8H,3,11H2,1-2H3,(H,12,14,15)/t6-,7?,8-/m1/s1. The van der Waals surface area contributed by atoms with Gasteiger partial charge in [-0.25, -0.2) is 4.79 Å². The zero-order valence-corrected chi connectivity index (χ0v) is 9.27. The van der Waals surface area contributed by atoms with Gasteiger partial charge >= 0.3 is 5.69 Å². The van der Waals surface area contributed by atoms with Gasteiger partial charge in [0.05, 0.1) is 6.10 Å². The molecule has 0 radical (unpaired) electrons. The first-order chi connectivity index (χ1) is 7.49. The summed E-state index contributed by atoms with van der Waals surface area (Å²) in [6, 6.07) is -0.0795. The number of aromatic amines is 1. The molecule has 1 fully saturated rings. The number of hydrogen-bond donors (Lipinski definition) is 2. The average molecular weight is 225 g/mol. The molecule has 0 aliphatic carbocycles. The van der Waals surface area contributed by atoms with Gasteiger partial charge in [0.15, 0.2) is 0 Å². The third-order valence-corrected chi connectivity index (χ3v) is 2.90. The molecule has 3 atom stereocenters. The van der Waals surface area contributed by atoms with Gasteiger partial charge in [0, 0.05) is 24.2 Å². The first kappa shape index (κ1) is 11.1. The summed E-state index contributed by atoms with van der Waals surface area (Å²) in [5.74, 6) is 0. The molecule has 1 aromatic heterocycles. The second-order valence-corrected chi connectivity index (χ2v) is 4.17. The van der Waals surface area contributed by atoms with Crippen LogP contribution in [0.3, 0.4) is 0 Å². The van der Waals surface area contributed by atoms with Crippen LogP contribution in [0.25, 0.3) is 0 Å². The van der Waals surface area contributed by atoms with Crippen LogP contribution in [0.15, 0.2) is 15.8 Å². The van der Waals surface area contributed by atoms with Crippen LogP contribution in [0.1, 0.15) is 25.1 Å². The van der Waals surface area contributed by atoms with E-state index in [1.54, 1.807) is 6.92 Å². The summed E-state index contributed by atoms with van der Waals surface area (Å²) in [6.45, 7) is 3.52. The van der Waals surface area contributed by atoms with E-state index in [1.165, 1.54) is 10.8 Å². The molecule has 1 aliphatic rings. The topological polar surface area (TPSA) is 90.1 Å². The van der Waals surface area contributed by atoms with Crippen LogP contribution in [0.2, 0.25) is 0 Å². The van der Waals surface area contributed by atoms with Gasteiger partial charge in [0.1, 0.15) is 6.23 Å². The van der Waals surface area contributed by atoms with E-state index in [0.717, 1.165) is 0 Å². The second kappa shape index (κ2) is 3.88. The quantitative estimate of drug-likeness (QED) is 0.673. The predicted octanol–water partition coefficient (Wildman–Crippen LogP) is -0.520. The molecule has 0 spiro atoms. The van der Waals surface area contributed by atoms with Crippen LogP contribution in [-0.4, -0.2) is 21.7 Å². The Labute approximate surface area is 92.0 Å². The maximum atomic E-state index is 11.6. The van der Waals surface area contributed by atoms with E-state index in [-0.39, 0.29) is 23.9 Å². The molecule has 0 saturated carbocycles. The molecule has 2 rings (SSSR count). The van der Waals surface area contributed by atoms with E-state index in [9.17, 15) is 9.59 Å². The number of nitrogens with two attached hydrogens (primary N) is 1. The Morgan fingerprint density at radius 1 is 1.56 bits per heavy atom. The Kier molecular flexibility index (Phi) is 2.69. The maximum absolute atomic E-state index is 11.6. The highest BCUT2D eigenvalue weighted by atomic mass is 16.5. The fraction of sp³-hybridized carbons (Fsp3) is 0.600. The van der Waals surface area contributed by atoms with Crippen LogP contribution in [0, 0.1) is 6.92 Å². The van der Waals surface area contributed by atoms with E-state index in [0.29, 0.717) is 12.0 Å². The van der Waals surface area contributed by atoms with Gasteiger partial charge in [-0.2, -0.15) is 0 Å². The smallest absolute Gasteiger partial charge is 0.330 e. The van der Waals surface area contributed by atoms with Crippen LogP contribution in [-0.2, 0) is 4.74 Å². The Balaban J connectivity index is 2.39. The molecule has 16 heavy (non-hydrogen) atoms. The Morgan fingerprint density at radius 2 is 2.25 bits per heavy atom. The molecule has 0 aromatic carbocycles. The number of H-pyrrole nitrogens is 1. The molecule has 2 heterocycles. The Morgan fingerprint density at radius 3 is 2.81 bits per heavy atom. The molecular formula is C10H15N3O3. The van der Waals surface area contributed by atoms with E-state index >= 15 is 0 Å². The van der Waals surface area contributed by atoms with Gasteiger partial charge in [-0.05, 0) is 13.8 Å². The predicted molar refractivity (Wildman–Crippen MR) is 58.2 cm³/mol. The highest BCUT2D eigenvalue weighted by molar-refractivity contribution is 5.02. The Bertz CT molecular complexity index is 495. The van der Waals surface area contributed by atoms with Crippen molar-refractivity contribution in [2.75, 3.05) is 0 Å². The summed E-state index contributed by atoms with van der Waals surface area (Å²) in [6.07, 6.45) is 1.63. The van der Waals surface area contributed by atoms with E-state index in [4.69, 9.17) is 10.5 Å². The van der Waals surface area contributed by atoms with E-state index in [1.807, 2.05) is 6.92 Å². The van der Waals surface area contributed by atoms with Crippen molar-refractivity contribution in [1.29, 1.82) is 0 Å². The summed E-state index contributed by atoms with van der Waals surface area (Å²) < 4.78 is 6.94. The molecule has 1 aromatic rings. The van der Waals surface area contributed by atoms with Crippen LogP contribution in [0.5, 0.6) is 0 Å². The van der Waals surface area contributed by atoms with Crippen LogP contribution >= 0.6 is 0 Å². The number of nitrogens with one attached hydrogen (secondary N) is 1. The number of aromatic nitrogens is 2. The first-order valence-corrected chi connectivity index (χ1v) is 5.22. The summed E-state index contributed by atoms with van der Waals surface area (Å²) >= 11 is 0. The van der Waals surface area contributed by atoms with Crippen molar-refractivity contribution in [2.24, 2.45) is 5.73 Å². The fourth-order valence-electron chi connectivity index (χ4n) is 1.81. The summed E-state index contributed by atoms with van der Waals surface area (Å²) in [4.78, 5) is 25.0. The van der Waals surface area contributed by atoms with Crippen molar-refractivity contribution in [3.8, 4) is 0 Å². The third kappa shape index (κ3) is 1.81. The minimum Gasteiger partial charge on any atom is -0.353 e. The van der Waals surface area contributed by atoms with Crippen LogP contribution < -0.4 is 17.0 Å². The summed E-state index contributed by atoms with van der Waals surface area (Å²) in [5, 5.41) is 0. The van der Waals surface area contributed by atoms with Crippen molar-refractivity contribution >= 4 is 0 Å². The first-order valence-electron chi connectivity index (χ1n) is 5.22. The number of nitrogens with zero attached hydrogens (tertiary/aromatic N) is 1. The van der Waals surface area contributed by atoms with Crippen LogP contribution in [0.4, 0.5) is 0 Å². The van der Waals surface area contributed by atoms with Gasteiger partial charge in [-0.15, -0.1) is 0 Å². The van der Waals surface area contributed by atoms with Gasteiger partial charge in [-0.1, -0.05) is 0 Å². The summed E-state index contributed by atoms with van der Waals surface area (Å²) in [7, 11) is 0. The van der Waals surface area contributed by atoms with Gasteiger partial charge in [0.2, 0.25) is 0 Å². The van der Waals surface area contributed by atoms with Gasteiger partial charge in [0.25, 0.3) is 5.56 Å². The van der Waals surface area contributed by atoms with Gasteiger partial charge < -0.3 is 10.5 Å². The Hall–Kier alpha value is -1.40. The van der Waals surface area contributed by atoms with Crippen molar-refractivity contribution in [3.05, 3.63) is 32.6 Å². The lowest BCUT2D eigenvalue weighted by molar-refractivity contribution is 0.00598. The number of rotatable bonds is 1. The lowest BCUT2D eigenvalue weighted by Crippen LogP contribution is -2.33. The lowest BCUT2D eigenvalue weighted by Gasteiger charge is -2.13. The molecule has 1 aliphatic heterocycles. The highest BCUT2D eigenvalue weighted by Gasteiger charge is 2.31. The number of ether oxygens (including phenoxy) is 1. The van der Waals surface area contributed by atoms with Crippen molar-refractivity contribution in [3.63, 3.8) is 0 Å². The van der Waals surface area contributed by atoms with Gasteiger partial charge in [-0.3, -0.25) is 14.3 Å². The molecule has 1 unspecified atom stereocenters. The second-order valence-electron chi connectivity index (χ2n) is 4.17. The average Bonchev–Trinajstić information content (AvgIpc) is 2.53. The molecule has 6 heteroatoms. The molecule has 3 N–H and O–H groups in total. The fourth-order valence-corrected chi connectivity index (χ4v) is 1.81. The molecule has 0 bridgehead atoms. The number of hydrogen-bond acceptors (Lipinski definition) is 4. The SMILES string of the molecule is Cc1cn([C@H]2CC(N)[C@@H](C)O2)c(=O)[nH]c1=O. The molecule has 1 saturated heterocycles. The zero-order chi connectivity index (χ0) is 11.9. The molecule has 88 valence electrons. The highest BCUT2D eigenvalue weighted by Crippen LogP contribution is 2.25.